The number of aromatic nitrogens is 2. The summed E-state index contributed by atoms with van der Waals surface area (Å²) < 4.78 is 6.59. The number of halogens is 1. The third-order valence-corrected chi connectivity index (χ3v) is 4.29. The molecule has 0 aliphatic rings. The Balaban J connectivity index is 1.51. The van der Waals surface area contributed by atoms with E-state index in [-0.39, 0.29) is 31.0 Å². The van der Waals surface area contributed by atoms with Crippen molar-refractivity contribution in [3.05, 3.63) is 80.9 Å². The number of pyridine rings is 1. The number of aryl methyl sites for hydroxylation is 1. The first-order chi connectivity index (χ1) is 13.4. The standard InChI is InChI=1S/C20H18ClN3O4/c1-13-3-2-10-24-17(25)11-16(23-19(13)24)12-28-18(26)8-9-22-20(27)14-4-6-15(21)7-5-14/h2-7,10-11H,8-9,12H2,1H3,(H,22,27). The van der Waals surface area contributed by atoms with Crippen molar-refractivity contribution in [1.29, 1.82) is 0 Å². The van der Waals surface area contributed by atoms with Crippen LogP contribution in [0.4, 0.5) is 0 Å². The SMILES string of the molecule is Cc1cccn2c(=O)cc(COC(=O)CCNC(=O)c3ccc(Cl)cc3)nc12. The van der Waals surface area contributed by atoms with E-state index < -0.39 is 5.97 Å². The molecule has 144 valence electrons. The van der Waals surface area contributed by atoms with E-state index in [9.17, 15) is 14.4 Å². The lowest BCUT2D eigenvalue weighted by atomic mass is 10.2. The van der Waals surface area contributed by atoms with Crippen LogP contribution in [0.25, 0.3) is 5.65 Å². The highest BCUT2D eigenvalue weighted by atomic mass is 35.5. The van der Waals surface area contributed by atoms with Crippen LogP contribution < -0.4 is 10.9 Å². The summed E-state index contributed by atoms with van der Waals surface area (Å²) in [6, 6.07) is 11.4. The number of carbonyl (C=O) groups is 2. The van der Waals surface area contributed by atoms with Gasteiger partial charge in [-0.3, -0.25) is 18.8 Å². The number of hydrogen-bond donors (Lipinski definition) is 1. The molecule has 0 radical (unpaired) electrons. The second-order valence-corrected chi connectivity index (χ2v) is 6.58. The smallest absolute Gasteiger partial charge is 0.307 e. The van der Waals surface area contributed by atoms with Gasteiger partial charge >= 0.3 is 5.97 Å². The van der Waals surface area contributed by atoms with Crippen LogP contribution in [0.5, 0.6) is 0 Å². The molecule has 28 heavy (non-hydrogen) atoms. The van der Waals surface area contributed by atoms with Crippen molar-refractivity contribution in [2.45, 2.75) is 20.0 Å². The van der Waals surface area contributed by atoms with Gasteiger partial charge in [0.1, 0.15) is 12.3 Å². The van der Waals surface area contributed by atoms with Crippen LogP contribution >= 0.6 is 11.6 Å². The second-order valence-electron chi connectivity index (χ2n) is 6.14. The van der Waals surface area contributed by atoms with Crippen LogP contribution in [-0.4, -0.2) is 27.8 Å². The molecule has 0 fully saturated rings. The first kappa shape index (κ1) is 19.6. The third-order valence-electron chi connectivity index (χ3n) is 4.04. The van der Waals surface area contributed by atoms with E-state index in [1.807, 2.05) is 13.0 Å². The molecular weight excluding hydrogens is 382 g/mol. The largest absolute Gasteiger partial charge is 0.459 e. The van der Waals surface area contributed by atoms with Crippen molar-refractivity contribution in [3.63, 3.8) is 0 Å². The Morgan fingerprint density at radius 1 is 1.21 bits per heavy atom. The molecule has 3 rings (SSSR count). The minimum absolute atomic E-state index is 0.00488. The molecule has 0 aliphatic carbocycles. The molecule has 0 spiro atoms. The van der Waals surface area contributed by atoms with Gasteiger partial charge in [0.05, 0.1) is 12.1 Å². The Labute approximate surface area is 165 Å². The van der Waals surface area contributed by atoms with Crippen LogP contribution in [0.2, 0.25) is 5.02 Å². The summed E-state index contributed by atoms with van der Waals surface area (Å²) >= 11 is 5.78. The number of hydrogen-bond acceptors (Lipinski definition) is 5. The van der Waals surface area contributed by atoms with Crippen molar-refractivity contribution in [1.82, 2.24) is 14.7 Å². The molecule has 0 unspecified atom stereocenters. The second kappa shape index (κ2) is 8.67. The van der Waals surface area contributed by atoms with E-state index >= 15 is 0 Å². The van der Waals surface area contributed by atoms with Gasteiger partial charge in [0.2, 0.25) is 0 Å². The van der Waals surface area contributed by atoms with Crippen LogP contribution in [0.15, 0.2) is 53.5 Å². The molecule has 1 amide bonds. The minimum atomic E-state index is -0.497. The number of nitrogens with one attached hydrogen (secondary N) is 1. The molecule has 3 aromatic rings. The normalized spacial score (nSPS) is 10.6. The van der Waals surface area contributed by atoms with Crippen LogP contribution in [0.3, 0.4) is 0 Å². The van der Waals surface area contributed by atoms with E-state index in [1.165, 1.54) is 10.5 Å². The third kappa shape index (κ3) is 4.75. The molecular formula is C20H18ClN3O4. The van der Waals surface area contributed by atoms with E-state index in [0.29, 0.717) is 21.9 Å². The monoisotopic (exact) mass is 399 g/mol. The van der Waals surface area contributed by atoms with Gasteiger partial charge < -0.3 is 10.1 Å². The number of fused-ring (bicyclic) bond motifs is 1. The number of carbonyl (C=O) groups excluding carboxylic acids is 2. The van der Waals surface area contributed by atoms with Gasteiger partial charge in [-0.05, 0) is 42.8 Å². The van der Waals surface area contributed by atoms with Crippen LogP contribution in [0, 0.1) is 6.92 Å². The molecule has 0 saturated heterocycles. The van der Waals surface area contributed by atoms with Gasteiger partial charge in [0.25, 0.3) is 11.5 Å². The topological polar surface area (TPSA) is 89.8 Å². The average molecular weight is 400 g/mol. The molecule has 0 saturated carbocycles. The van der Waals surface area contributed by atoms with Crippen molar-refractivity contribution in [2.75, 3.05) is 6.54 Å². The first-order valence-corrected chi connectivity index (χ1v) is 8.99. The highest BCUT2D eigenvalue weighted by molar-refractivity contribution is 6.30. The van der Waals surface area contributed by atoms with Crippen LogP contribution in [-0.2, 0) is 16.1 Å². The van der Waals surface area contributed by atoms with E-state index in [4.69, 9.17) is 16.3 Å². The fraction of sp³-hybridized carbons (Fsp3) is 0.200. The Kier molecular flexibility index (Phi) is 6.06. The Morgan fingerprint density at radius 3 is 2.71 bits per heavy atom. The first-order valence-electron chi connectivity index (χ1n) is 8.61. The average Bonchev–Trinajstić information content (AvgIpc) is 2.67. The number of amides is 1. The summed E-state index contributed by atoms with van der Waals surface area (Å²) in [4.78, 5) is 40.3. The van der Waals surface area contributed by atoms with Gasteiger partial charge in [-0.15, -0.1) is 0 Å². The molecule has 1 N–H and O–H groups in total. The van der Waals surface area contributed by atoms with Crippen LogP contribution in [0.1, 0.15) is 28.0 Å². The summed E-state index contributed by atoms with van der Waals surface area (Å²) in [5.74, 6) is -0.799. The molecule has 0 atom stereocenters. The number of benzene rings is 1. The van der Waals surface area contributed by atoms with Gasteiger partial charge in [-0.1, -0.05) is 17.7 Å². The number of esters is 1. The summed E-state index contributed by atoms with van der Waals surface area (Å²) in [6.45, 7) is 1.87. The highest BCUT2D eigenvalue weighted by Gasteiger charge is 2.10. The van der Waals surface area contributed by atoms with Crippen molar-refractivity contribution in [2.24, 2.45) is 0 Å². The summed E-state index contributed by atoms with van der Waals surface area (Å²) in [7, 11) is 0. The van der Waals surface area contributed by atoms with Gasteiger partial charge in [-0.25, -0.2) is 4.98 Å². The lowest BCUT2D eigenvalue weighted by molar-refractivity contribution is -0.144. The molecule has 2 aromatic heterocycles. The maximum atomic E-state index is 12.1. The van der Waals surface area contributed by atoms with E-state index in [0.717, 1.165) is 5.56 Å². The van der Waals surface area contributed by atoms with Gasteiger partial charge in [0.15, 0.2) is 0 Å². The summed E-state index contributed by atoms with van der Waals surface area (Å²) in [6.07, 6.45) is 1.64. The van der Waals surface area contributed by atoms with Crippen molar-refractivity contribution >= 4 is 29.1 Å². The van der Waals surface area contributed by atoms with Crippen molar-refractivity contribution in [3.8, 4) is 0 Å². The Morgan fingerprint density at radius 2 is 1.96 bits per heavy atom. The Hall–Kier alpha value is -3.19. The molecule has 0 aliphatic heterocycles. The van der Waals surface area contributed by atoms with Gasteiger partial charge in [0, 0.05) is 29.4 Å². The Bertz CT molecular complexity index is 1080. The maximum Gasteiger partial charge on any atom is 0.307 e. The van der Waals surface area contributed by atoms with E-state index in [1.54, 1.807) is 36.5 Å². The summed E-state index contributed by atoms with van der Waals surface area (Å²) in [5.41, 5.74) is 1.95. The predicted molar refractivity (Wildman–Crippen MR) is 104 cm³/mol. The zero-order valence-electron chi connectivity index (χ0n) is 15.1. The molecule has 0 bridgehead atoms. The number of nitrogens with zero attached hydrogens (tertiary/aromatic N) is 2. The molecule has 1 aromatic carbocycles. The number of ether oxygens (including phenoxy) is 1. The maximum absolute atomic E-state index is 12.1. The molecule has 2 heterocycles. The summed E-state index contributed by atoms with van der Waals surface area (Å²) in [5, 5.41) is 3.18. The fourth-order valence-corrected chi connectivity index (χ4v) is 2.72. The number of rotatable bonds is 6. The minimum Gasteiger partial charge on any atom is -0.459 e. The lowest BCUT2D eigenvalue weighted by Gasteiger charge is -2.08. The fourth-order valence-electron chi connectivity index (χ4n) is 2.59. The highest BCUT2D eigenvalue weighted by Crippen LogP contribution is 2.09. The zero-order chi connectivity index (χ0) is 20.1. The lowest BCUT2D eigenvalue weighted by Crippen LogP contribution is -2.26. The van der Waals surface area contributed by atoms with Gasteiger partial charge in [-0.2, -0.15) is 0 Å². The molecule has 8 heteroatoms. The van der Waals surface area contributed by atoms with Crippen molar-refractivity contribution < 1.29 is 14.3 Å². The predicted octanol–water partition coefficient (Wildman–Crippen LogP) is 2.52. The molecule has 7 nitrogen and oxygen atoms in total. The van der Waals surface area contributed by atoms with E-state index in [2.05, 4.69) is 10.3 Å². The quantitative estimate of drug-likeness (QED) is 0.643. The zero-order valence-corrected chi connectivity index (χ0v) is 15.9.